The first-order valence-electron chi connectivity index (χ1n) is 9.74. The number of carboxylic acids is 1. The van der Waals surface area contributed by atoms with Crippen molar-refractivity contribution in [2.24, 2.45) is 5.92 Å². The third-order valence-electron chi connectivity index (χ3n) is 6.48. The highest BCUT2D eigenvalue weighted by Crippen LogP contribution is 2.59. The number of alkyl halides is 3. The van der Waals surface area contributed by atoms with Crippen LogP contribution in [-0.2, 0) is 16.8 Å². The minimum atomic E-state index is -4.53. The first-order chi connectivity index (χ1) is 14.1. The van der Waals surface area contributed by atoms with Crippen molar-refractivity contribution >= 4 is 5.97 Å². The number of aromatic nitrogens is 3. The molecule has 1 aliphatic carbocycles. The van der Waals surface area contributed by atoms with Crippen LogP contribution in [0.25, 0.3) is 0 Å². The molecule has 2 aromatic rings. The van der Waals surface area contributed by atoms with Gasteiger partial charge in [0.2, 0.25) is 0 Å². The van der Waals surface area contributed by atoms with E-state index < -0.39 is 46.9 Å². The number of carboxylic acid groups (broad SMARTS) is 1. The summed E-state index contributed by atoms with van der Waals surface area (Å²) in [5, 5.41) is 17.3. The van der Waals surface area contributed by atoms with Crippen molar-refractivity contribution in [2.75, 3.05) is 0 Å². The zero-order valence-corrected chi connectivity index (χ0v) is 16.1. The molecule has 1 unspecified atom stereocenters. The highest BCUT2D eigenvalue weighted by atomic mass is 19.4. The van der Waals surface area contributed by atoms with Crippen LogP contribution in [0.4, 0.5) is 22.0 Å². The van der Waals surface area contributed by atoms with Gasteiger partial charge in [0.1, 0.15) is 17.1 Å². The molecular weight excluding hydrogens is 409 g/mol. The maximum Gasteiger partial charge on any atom is 0.401 e. The molecule has 0 saturated heterocycles. The van der Waals surface area contributed by atoms with E-state index in [4.69, 9.17) is 0 Å². The molecule has 0 bridgehead atoms. The van der Waals surface area contributed by atoms with Gasteiger partial charge in [0.15, 0.2) is 11.6 Å². The van der Waals surface area contributed by atoms with Crippen molar-refractivity contribution in [1.29, 1.82) is 0 Å². The van der Waals surface area contributed by atoms with E-state index in [1.807, 2.05) is 0 Å². The Bertz CT molecular complexity index is 983. The van der Waals surface area contributed by atoms with Crippen molar-refractivity contribution in [1.82, 2.24) is 14.8 Å². The first-order valence-corrected chi connectivity index (χ1v) is 9.74. The Morgan fingerprint density at radius 1 is 1.23 bits per heavy atom. The second-order valence-electron chi connectivity index (χ2n) is 8.22. The van der Waals surface area contributed by atoms with Gasteiger partial charge in [-0.15, -0.1) is 10.2 Å². The Morgan fingerprint density at radius 2 is 1.93 bits per heavy atom. The number of rotatable bonds is 4. The fourth-order valence-electron chi connectivity index (χ4n) is 4.44. The number of fused-ring (bicyclic) bond motifs is 1. The van der Waals surface area contributed by atoms with Crippen molar-refractivity contribution in [3.05, 3.63) is 47.0 Å². The van der Waals surface area contributed by atoms with E-state index in [-0.39, 0.29) is 49.4 Å². The highest BCUT2D eigenvalue weighted by Gasteiger charge is 2.67. The van der Waals surface area contributed by atoms with Crippen LogP contribution in [0, 0.1) is 17.6 Å². The number of hydrogen-bond acceptors (Lipinski definition) is 3. The predicted octanol–water partition coefficient (Wildman–Crippen LogP) is 4.53. The molecule has 1 aromatic heterocycles. The lowest BCUT2D eigenvalue weighted by Crippen LogP contribution is -2.33. The second-order valence-corrected chi connectivity index (χ2v) is 8.22. The van der Waals surface area contributed by atoms with E-state index in [1.165, 1.54) is 23.6 Å². The molecule has 1 saturated carbocycles. The van der Waals surface area contributed by atoms with Gasteiger partial charge in [0, 0.05) is 18.4 Å². The summed E-state index contributed by atoms with van der Waals surface area (Å²) in [5.74, 6) is -5.53. The maximum absolute atomic E-state index is 14.5. The van der Waals surface area contributed by atoms with Crippen LogP contribution in [-0.4, -0.2) is 32.0 Å². The summed E-state index contributed by atoms with van der Waals surface area (Å²) in [7, 11) is 0. The third-order valence-corrected chi connectivity index (χ3v) is 6.48. The van der Waals surface area contributed by atoms with Crippen LogP contribution in [0.5, 0.6) is 0 Å². The molecule has 1 aliphatic heterocycles. The Kier molecular flexibility index (Phi) is 4.85. The molecule has 10 heteroatoms. The Labute approximate surface area is 168 Å². The van der Waals surface area contributed by atoms with E-state index in [1.54, 1.807) is 0 Å². The van der Waals surface area contributed by atoms with Crippen LogP contribution in [0.1, 0.15) is 61.7 Å². The van der Waals surface area contributed by atoms with Crippen molar-refractivity contribution in [3.8, 4) is 0 Å². The van der Waals surface area contributed by atoms with Crippen LogP contribution in [0.15, 0.2) is 18.2 Å². The maximum atomic E-state index is 14.5. The Hall–Kier alpha value is -2.52. The zero-order chi connectivity index (χ0) is 21.8. The van der Waals surface area contributed by atoms with E-state index in [0.717, 1.165) is 6.07 Å². The van der Waals surface area contributed by atoms with Gasteiger partial charge < -0.3 is 9.67 Å². The molecule has 3 atom stereocenters. The van der Waals surface area contributed by atoms with Gasteiger partial charge in [-0.2, -0.15) is 13.2 Å². The van der Waals surface area contributed by atoms with Gasteiger partial charge >= 0.3 is 12.1 Å². The zero-order valence-electron chi connectivity index (χ0n) is 16.1. The van der Waals surface area contributed by atoms with Crippen LogP contribution in [0.3, 0.4) is 0 Å². The number of benzene rings is 1. The lowest BCUT2D eigenvalue weighted by atomic mass is 9.86. The first kappa shape index (κ1) is 20.7. The number of hydrogen-bond donors (Lipinski definition) is 1. The van der Waals surface area contributed by atoms with Crippen LogP contribution >= 0.6 is 0 Å². The normalized spacial score (nSPS) is 24.1. The molecule has 2 heterocycles. The summed E-state index contributed by atoms with van der Waals surface area (Å²) in [6, 6.07) is 3.73. The van der Waals surface area contributed by atoms with E-state index >= 15 is 0 Å². The molecule has 1 aromatic carbocycles. The molecule has 2 aliphatic rings. The monoisotopic (exact) mass is 429 g/mol. The summed E-state index contributed by atoms with van der Waals surface area (Å²) >= 11 is 0. The van der Waals surface area contributed by atoms with E-state index in [0.29, 0.717) is 0 Å². The molecule has 1 fully saturated rings. The number of halogens is 5. The average molecular weight is 429 g/mol. The van der Waals surface area contributed by atoms with Gasteiger partial charge in [0.05, 0.1) is 5.92 Å². The molecular formula is C20H20F5N3O2. The Morgan fingerprint density at radius 3 is 2.53 bits per heavy atom. The minimum Gasteiger partial charge on any atom is -0.481 e. The standard InChI is InChI=1S/C20H20F5N3O2/c1-10(17(29)30)12-6-5-11(13-3-2-4-14(21)15(13)22)9-28-16(12)26-27-18(28)19(7-8-19)20(23,24)25/h2-4,10-12H,5-9H2,1H3,(H,29,30)/t10?,11-,12+/m1/s1. The van der Waals surface area contributed by atoms with E-state index in [2.05, 4.69) is 10.2 Å². The molecule has 0 spiro atoms. The van der Waals surface area contributed by atoms with Gasteiger partial charge in [-0.1, -0.05) is 19.1 Å². The summed E-state index contributed by atoms with van der Waals surface area (Å²) < 4.78 is 70.8. The van der Waals surface area contributed by atoms with Gasteiger partial charge in [-0.25, -0.2) is 8.78 Å². The van der Waals surface area contributed by atoms with Gasteiger partial charge in [-0.3, -0.25) is 4.79 Å². The largest absolute Gasteiger partial charge is 0.481 e. The van der Waals surface area contributed by atoms with E-state index in [9.17, 15) is 31.9 Å². The van der Waals surface area contributed by atoms with Crippen LogP contribution in [0.2, 0.25) is 0 Å². The summed E-state index contributed by atoms with van der Waals surface area (Å²) in [5.41, 5.74) is -2.06. The topological polar surface area (TPSA) is 68.0 Å². The summed E-state index contributed by atoms with van der Waals surface area (Å²) in [4.78, 5) is 11.6. The summed E-state index contributed by atoms with van der Waals surface area (Å²) in [6.07, 6.45) is -4.26. The van der Waals surface area contributed by atoms with Gasteiger partial charge in [-0.05, 0) is 37.3 Å². The molecule has 5 nitrogen and oxygen atoms in total. The minimum absolute atomic E-state index is 0.0566. The number of nitrogens with zero attached hydrogens (tertiary/aromatic N) is 3. The molecule has 1 N–H and O–H groups in total. The molecule has 0 amide bonds. The Balaban J connectivity index is 1.83. The quantitative estimate of drug-likeness (QED) is 0.725. The second kappa shape index (κ2) is 7.02. The fourth-order valence-corrected chi connectivity index (χ4v) is 4.44. The van der Waals surface area contributed by atoms with Crippen LogP contribution < -0.4 is 0 Å². The fraction of sp³-hybridized carbons (Fsp3) is 0.550. The number of aliphatic carboxylic acids is 1. The molecule has 30 heavy (non-hydrogen) atoms. The summed E-state index contributed by atoms with van der Waals surface area (Å²) in [6.45, 7) is 1.39. The SMILES string of the molecule is CC(C(=O)O)[C@@H]1CC[C@@H](c2cccc(F)c2F)Cn2c1nnc2C1(C(F)(F)F)CC1. The third kappa shape index (κ3) is 3.16. The molecule has 0 radical (unpaired) electrons. The highest BCUT2D eigenvalue weighted by molar-refractivity contribution is 5.70. The lowest BCUT2D eigenvalue weighted by Gasteiger charge is -2.23. The average Bonchev–Trinajstić information content (AvgIpc) is 3.43. The van der Waals surface area contributed by atoms with Crippen molar-refractivity contribution < 1.29 is 31.9 Å². The molecule has 162 valence electrons. The number of carbonyl (C=O) groups is 1. The smallest absolute Gasteiger partial charge is 0.401 e. The van der Waals surface area contributed by atoms with Gasteiger partial charge in [0.25, 0.3) is 0 Å². The lowest BCUT2D eigenvalue weighted by molar-refractivity contribution is -0.163. The van der Waals surface area contributed by atoms with Crippen molar-refractivity contribution in [3.63, 3.8) is 0 Å². The molecule has 4 rings (SSSR count). The van der Waals surface area contributed by atoms with Crippen molar-refractivity contribution in [2.45, 2.75) is 62.6 Å². The predicted molar refractivity (Wildman–Crippen MR) is 94.9 cm³/mol.